The van der Waals surface area contributed by atoms with Crippen molar-refractivity contribution in [1.29, 1.82) is 0 Å². The Balaban J connectivity index is 1.60. The van der Waals surface area contributed by atoms with Gasteiger partial charge in [-0.25, -0.2) is 0 Å². The zero-order valence-electron chi connectivity index (χ0n) is 19.3. The normalized spacial score (nSPS) is 24.7. The smallest absolute Gasteiger partial charge is 0.257 e. The maximum atomic E-state index is 14.2. The van der Waals surface area contributed by atoms with Crippen LogP contribution in [0.5, 0.6) is 0 Å². The van der Waals surface area contributed by atoms with Crippen LogP contribution in [0.4, 0.5) is 0 Å². The van der Waals surface area contributed by atoms with Crippen LogP contribution in [0.3, 0.4) is 0 Å². The molecule has 3 atom stereocenters. The monoisotopic (exact) mass is 478 g/mol. The molecule has 0 radical (unpaired) electrons. The van der Waals surface area contributed by atoms with Crippen LogP contribution in [0.2, 0.25) is 0 Å². The fourth-order valence-corrected chi connectivity index (χ4v) is 5.18. The first kappa shape index (κ1) is 22.8. The number of ether oxygens (including phenoxy) is 2. The minimum Gasteiger partial charge on any atom is -0.383 e. The molecule has 3 heterocycles. The lowest BCUT2D eigenvalue weighted by atomic mass is 9.93. The predicted molar refractivity (Wildman–Crippen MR) is 134 cm³/mol. The number of amides is 1. The van der Waals surface area contributed by atoms with E-state index in [-0.39, 0.29) is 24.2 Å². The molecule has 3 aliphatic rings. The van der Waals surface area contributed by atoms with Gasteiger partial charge in [-0.3, -0.25) is 4.79 Å². The average Bonchev–Trinajstić information content (AvgIpc) is 3.39. The van der Waals surface area contributed by atoms with Crippen LogP contribution in [0, 0.1) is 0 Å². The standard InChI is InChI=1S/C26H30N4O3S/c1-32-16-14-29-23(19-11-6-3-7-12-19)28-24-21(25(29)31)22(18-9-4-2-5-10-18)27-26(34)30(24)17-20-13-8-15-33-20/h2-7,9-12,20,22-23,28H,8,13-17H2,1H3,(H,27,34)/t20-,22-,23+/m1/s1. The van der Waals surface area contributed by atoms with Crippen molar-refractivity contribution < 1.29 is 14.3 Å². The van der Waals surface area contributed by atoms with Crippen molar-refractivity contribution in [2.45, 2.75) is 31.2 Å². The molecule has 0 bridgehead atoms. The highest BCUT2D eigenvalue weighted by atomic mass is 32.1. The van der Waals surface area contributed by atoms with Crippen LogP contribution in [0.15, 0.2) is 72.1 Å². The van der Waals surface area contributed by atoms with Crippen molar-refractivity contribution in [2.75, 3.05) is 33.4 Å². The Hall–Kier alpha value is -2.94. The van der Waals surface area contributed by atoms with Crippen LogP contribution in [-0.4, -0.2) is 60.3 Å². The summed E-state index contributed by atoms with van der Waals surface area (Å²) in [5, 5.41) is 7.73. The number of carbonyl (C=O) groups excluding carboxylic acids is 1. The molecule has 3 aliphatic heterocycles. The van der Waals surface area contributed by atoms with E-state index in [0.29, 0.717) is 30.4 Å². The van der Waals surface area contributed by atoms with Gasteiger partial charge in [0.25, 0.3) is 5.91 Å². The Bertz CT molecular complexity index is 1060. The van der Waals surface area contributed by atoms with Crippen molar-refractivity contribution in [3.05, 3.63) is 83.2 Å². The number of rotatable bonds is 7. The van der Waals surface area contributed by atoms with E-state index in [0.717, 1.165) is 36.4 Å². The Morgan fingerprint density at radius 2 is 1.76 bits per heavy atom. The van der Waals surface area contributed by atoms with E-state index in [2.05, 4.69) is 10.6 Å². The molecule has 2 N–H and O–H groups in total. The van der Waals surface area contributed by atoms with E-state index in [1.807, 2.05) is 70.5 Å². The second-order valence-corrected chi connectivity index (χ2v) is 9.14. The molecule has 5 rings (SSSR count). The lowest BCUT2D eigenvalue weighted by Gasteiger charge is -2.47. The molecular weight excluding hydrogens is 448 g/mol. The third kappa shape index (κ3) is 4.41. The lowest BCUT2D eigenvalue weighted by molar-refractivity contribution is -0.133. The maximum Gasteiger partial charge on any atom is 0.257 e. The van der Waals surface area contributed by atoms with E-state index in [1.165, 1.54) is 0 Å². The molecule has 178 valence electrons. The summed E-state index contributed by atoms with van der Waals surface area (Å²) < 4.78 is 11.3. The molecule has 0 saturated carbocycles. The van der Waals surface area contributed by atoms with Gasteiger partial charge < -0.3 is 29.9 Å². The van der Waals surface area contributed by atoms with Gasteiger partial charge in [0.2, 0.25) is 0 Å². The molecule has 1 fully saturated rings. The van der Waals surface area contributed by atoms with E-state index >= 15 is 0 Å². The van der Waals surface area contributed by atoms with Gasteiger partial charge in [-0.05, 0) is 36.2 Å². The summed E-state index contributed by atoms with van der Waals surface area (Å²) in [6.45, 7) is 2.28. The van der Waals surface area contributed by atoms with Gasteiger partial charge in [-0.1, -0.05) is 60.7 Å². The fraction of sp³-hybridized carbons (Fsp3) is 0.385. The first-order chi connectivity index (χ1) is 16.7. The average molecular weight is 479 g/mol. The fourth-order valence-electron chi connectivity index (χ4n) is 4.90. The third-order valence-electron chi connectivity index (χ3n) is 6.60. The SMILES string of the molecule is COCCN1C(=O)C2=C(N[C@@H]1c1ccccc1)N(C[C@H]1CCCO1)C(=S)N[C@@H]2c1ccccc1. The summed E-state index contributed by atoms with van der Waals surface area (Å²) >= 11 is 5.84. The van der Waals surface area contributed by atoms with Crippen LogP contribution in [0.25, 0.3) is 0 Å². The van der Waals surface area contributed by atoms with Gasteiger partial charge in [-0.2, -0.15) is 0 Å². The van der Waals surface area contributed by atoms with E-state index in [9.17, 15) is 4.79 Å². The quantitative estimate of drug-likeness (QED) is 0.593. The number of carbonyl (C=O) groups is 1. The maximum absolute atomic E-state index is 14.2. The number of hydrogen-bond donors (Lipinski definition) is 2. The first-order valence-electron chi connectivity index (χ1n) is 11.8. The molecule has 0 aromatic heterocycles. The number of nitrogens with one attached hydrogen (secondary N) is 2. The first-order valence-corrected chi connectivity index (χ1v) is 12.2. The van der Waals surface area contributed by atoms with Crippen molar-refractivity contribution in [2.24, 2.45) is 0 Å². The largest absolute Gasteiger partial charge is 0.383 e. The molecule has 1 amide bonds. The Morgan fingerprint density at radius 3 is 2.41 bits per heavy atom. The van der Waals surface area contributed by atoms with Crippen LogP contribution in [0.1, 0.15) is 36.2 Å². The zero-order chi connectivity index (χ0) is 23.5. The van der Waals surface area contributed by atoms with Gasteiger partial charge in [0.15, 0.2) is 5.11 Å². The Morgan fingerprint density at radius 1 is 1.06 bits per heavy atom. The van der Waals surface area contributed by atoms with Gasteiger partial charge in [0.05, 0.1) is 30.9 Å². The highest BCUT2D eigenvalue weighted by Crippen LogP contribution is 2.37. The summed E-state index contributed by atoms with van der Waals surface area (Å²) in [5.41, 5.74) is 2.67. The number of nitrogens with zero attached hydrogens (tertiary/aromatic N) is 2. The van der Waals surface area contributed by atoms with E-state index in [4.69, 9.17) is 21.7 Å². The number of benzene rings is 2. The second kappa shape index (κ2) is 10.1. The Kier molecular flexibility index (Phi) is 6.80. The minimum atomic E-state index is -0.341. The molecule has 1 saturated heterocycles. The molecule has 7 nitrogen and oxygen atoms in total. The van der Waals surface area contributed by atoms with E-state index in [1.54, 1.807) is 7.11 Å². The summed E-state index contributed by atoms with van der Waals surface area (Å²) in [6.07, 6.45) is 1.79. The van der Waals surface area contributed by atoms with Crippen LogP contribution in [-0.2, 0) is 14.3 Å². The van der Waals surface area contributed by atoms with Gasteiger partial charge in [0, 0.05) is 20.3 Å². The highest BCUT2D eigenvalue weighted by Gasteiger charge is 2.44. The summed E-state index contributed by atoms with van der Waals surface area (Å²) in [6, 6.07) is 19.7. The van der Waals surface area contributed by atoms with Crippen molar-refractivity contribution in [3.8, 4) is 0 Å². The molecule has 2 aromatic rings. The molecule has 0 spiro atoms. The minimum absolute atomic E-state index is 0.0270. The number of hydrogen-bond acceptors (Lipinski definition) is 5. The second-order valence-electron chi connectivity index (χ2n) is 8.75. The van der Waals surface area contributed by atoms with Crippen molar-refractivity contribution in [3.63, 3.8) is 0 Å². The van der Waals surface area contributed by atoms with Crippen LogP contribution >= 0.6 is 12.2 Å². The summed E-state index contributed by atoms with van der Waals surface area (Å²) in [5.74, 6) is 0.737. The van der Waals surface area contributed by atoms with Gasteiger partial charge in [0.1, 0.15) is 12.0 Å². The van der Waals surface area contributed by atoms with Crippen molar-refractivity contribution >= 4 is 23.2 Å². The van der Waals surface area contributed by atoms with Gasteiger partial charge >= 0.3 is 0 Å². The number of thiocarbonyl (C=S) groups is 1. The third-order valence-corrected chi connectivity index (χ3v) is 6.94. The summed E-state index contributed by atoms with van der Waals surface area (Å²) in [7, 11) is 1.65. The number of methoxy groups -OCH3 is 1. The summed E-state index contributed by atoms with van der Waals surface area (Å²) in [4.78, 5) is 18.0. The Labute approximate surface area is 205 Å². The molecule has 2 aromatic carbocycles. The van der Waals surface area contributed by atoms with Crippen molar-refractivity contribution in [1.82, 2.24) is 20.4 Å². The zero-order valence-corrected chi connectivity index (χ0v) is 20.1. The topological polar surface area (TPSA) is 66.1 Å². The molecule has 34 heavy (non-hydrogen) atoms. The molecule has 0 aliphatic carbocycles. The molecular formula is C26H30N4O3S. The van der Waals surface area contributed by atoms with Gasteiger partial charge in [-0.15, -0.1) is 0 Å². The molecule has 8 heteroatoms. The predicted octanol–water partition coefficient (Wildman–Crippen LogP) is 3.09. The van der Waals surface area contributed by atoms with E-state index < -0.39 is 0 Å². The molecule has 0 unspecified atom stereocenters. The highest BCUT2D eigenvalue weighted by molar-refractivity contribution is 7.80. The van der Waals surface area contributed by atoms with Crippen LogP contribution < -0.4 is 10.6 Å². The lowest BCUT2D eigenvalue weighted by Crippen LogP contribution is -2.60.